The minimum Gasteiger partial charge on any atom is -0.357 e. The van der Waals surface area contributed by atoms with Gasteiger partial charge < -0.3 is 15.6 Å². The number of aryl methyl sites for hydroxylation is 3. The quantitative estimate of drug-likeness (QED) is 0.319. The van der Waals surface area contributed by atoms with Crippen LogP contribution in [0.1, 0.15) is 30.6 Å². The molecule has 0 aliphatic carbocycles. The summed E-state index contributed by atoms with van der Waals surface area (Å²) in [4.78, 5) is 12.4. The molecule has 0 amide bonds. The number of H-pyrrole nitrogens is 1. The summed E-state index contributed by atoms with van der Waals surface area (Å²) in [6, 6.07) is 12.3. The van der Waals surface area contributed by atoms with E-state index < -0.39 is 0 Å². The molecule has 0 atom stereocenters. The second-order valence-electron chi connectivity index (χ2n) is 6.74. The summed E-state index contributed by atoms with van der Waals surface area (Å²) >= 11 is 0. The van der Waals surface area contributed by atoms with Crippen LogP contribution in [-0.4, -0.2) is 38.8 Å². The van der Waals surface area contributed by atoms with Gasteiger partial charge in [0.2, 0.25) is 0 Å². The Morgan fingerprint density at radius 3 is 2.71 bits per heavy atom. The van der Waals surface area contributed by atoms with Crippen molar-refractivity contribution in [1.29, 1.82) is 0 Å². The van der Waals surface area contributed by atoms with Crippen molar-refractivity contribution >= 4 is 5.96 Å². The Labute approximate surface area is 166 Å². The molecular formula is C21H29N7. The molecule has 0 spiro atoms. The van der Waals surface area contributed by atoms with Crippen LogP contribution in [0.2, 0.25) is 0 Å². The van der Waals surface area contributed by atoms with Crippen LogP contribution in [0.15, 0.2) is 47.6 Å². The third-order valence-corrected chi connectivity index (χ3v) is 4.39. The van der Waals surface area contributed by atoms with Crippen LogP contribution in [0.5, 0.6) is 0 Å². The summed E-state index contributed by atoms with van der Waals surface area (Å²) in [6.45, 7) is 9.22. The van der Waals surface area contributed by atoms with Crippen LogP contribution in [0.25, 0.3) is 11.3 Å². The first-order chi connectivity index (χ1) is 13.7. The predicted molar refractivity (Wildman–Crippen MR) is 113 cm³/mol. The highest BCUT2D eigenvalue weighted by atomic mass is 15.3. The molecule has 0 saturated carbocycles. The van der Waals surface area contributed by atoms with E-state index in [0.717, 1.165) is 54.8 Å². The predicted octanol–water partition coefficient (Wildman–Crippen LogP) is 3.04. The highest BCUT2D eigenvalue weighted by Crippen LogP contribution is 2.16. The summed E-state index contributed by atoms with van der Waals surface area (Å²) in [5.74, 6) is 1.65. The van der Waals surface area contributed by atoms with Gasteiger partial charge in [-0.15, -0.1) is 0 Å². The summed E-state index contributed by atoms with van der Waals surface area (Å²) in [5.41, 5.74) is 4.40. The van der Waals surface area contributed by atoms with Crippen molar-refractivity contribution in [2.24, 2.45) is 4.99 Å². The second kappa shape index (κ2) is 9.73. The van der Waals surface area contributed by atoms with Crippen LogP contribution in [0.4, 0.5) is 0 Å². The lowest BCUT2D eigenvalue weighted by atomic mass is 10.2. The maximum atomic E-state index is 4.64. The van der Waals surface area contributed by atoms with Crippen LogP contribution in [0.3, 0.4) is 0 Å². The van der Waals surface area contributed by atoms with Gasteiger partial charge in [0.05, 0.1) is 17.6 Å². The monoisotopic (exact) mass is 379 g/mol. The summed E-state index contributed by atoms with van der Waals surface area (Å²) in [5, 5.41) is 11.2. The molecule has 3 aromatic rings. The lowest BCUT2D eigenvalue weighted by molar-refractivity contribution is 0.555. The van der Waals surface area contributed by atoms with Gasteiger partial charge in [0.1, 0.15) is 12.4 Å². The highest BCUT2D eigenvalue weighted by Gasteiger charge is 2.04. The largest absolute Gasteiger partial charge is 0.357 e. The average molecular weight is 380 g/mol. The fraction of sp³-hybridized carbons (Fsp3) is 0.381. The Balaban J connectivity index is 1.51. The van der Waals surface area contributed by atoms with Gasteiger partial charge in [0.15, 0.2) is 5.96 Å². The van der Waals surface area contributed by atoms with Gasteiger partial charge in [0, 0.05) is 25.3 Å². The Morgan fingerprint density at radius 1 is 1.18 bits per heavy atom. The van der Waals surface area contributed by atoms with Gasteiger partial charge >= 0.3 is 0 Å². The summed E-state index contributed by atoms with van der Waals surface area (Å²) in [7, 11) is 0. The molecule has 0 radical (unpaired) electrons. The molecule has 3 N–H and O–H groups in total. The molecular weight excluding hydrogens is 350 g/mol. The number of hydrogen-bond acceptors (Lipinski definition) is 3. The Hall–Kier alpha value is -3.09. The third-order valence-electron chi connectivity index (χ3n) is 4.39. The molecule has 0 unspecified atom stereocenters. The van der Waals surface area contributed by atoms with E-state index in [-0.39, 0.29) is 0 Å². The lowest BCUT2D eigenvalue weighted by Crippen LogP contribution is -2.38. The normalized spacial score (nSPS) is 11.6. The van der Waals surface area contributed by atoms with Gasteiger partial charge in [-0.3, -0.25) is 4.68 Å². The zero-order chi connectivity index (χ0) is 19.8. The molecule has 0 saturated heterocycles. The van der Waals surface area contributed by atoms with Crippen molar-refractivity contribution in [3.63, 3.8) is 0 Å². The number of benzene rings is 1. The summed E-state index contributed by atoms with van der Waals surface area (Å²) < 4.78 is 2.05. The highest BCUT2D eigenvalue weighted by molar-refractivity contribution is 5.79. The molecule has 7 nitrogen and oxygen atoms in total. The maximum absolute atomic E-state index is 4.64. The summed E-state index contributed by atoms with van der Waals surface area (Å²) in [6.07, 6.45) is 2.83. The van der Waals surface area contributed by atoms with Gasteiger partial charge in [-0.1, -0.05) is 30.3 Å². The minimum absolute atomic E-state index is 0.500. The number of imidazole rings is 1. The van der Waals surface area contributed by atoms with Crippen LogP contribution in [0, 0.1) is 13.8 Å². The van der Waals surface area contributed by atoms with E-state index in [2.05, 4.69) is 67.4 Å². The Kier molecular flexibility index (Phi) is 6.84. The number of nitrogens with zero attached hydrogens (tertiary/aromatic N) is 4. The third kappa shape index (κ3) is 5.45. The zero-order valence-corrected chi connectivity index (χ0v) is 16.9. The first-order valence-electron chi connectivity index (χ1n) is 9.78. The fourth-order valence-corrected chi connectivity index (χ4v) is 3.04. The van der Waals surface area contributed by atoms with Crippen LogP contribution < -0.4 is 10.6 Å². The number of guanidine groups is 1. The molecule has 0 aliphatic rings. The van der Waals surface area contributed by atoms with Crippen molar-refractivity contribution in [2.45, 2.75) is 40.3 Å². The molecule has 0 fully saturated rings. The Bertz CT molecular complexity index is 893. The topological polar surface area (TPSA) is 82.9 Å². The molecule has 2 heterocycles. The lowest BCUT2D eigenvalue weighted by Gasteiger charge is -2.11. The maximum Gasteiger partial charge on any atom is 0.191 e. The molecule has 28 heavy (non-hydrogen) atoms. The first-order valence-corrected chi connectivity index (χ1v) is 9.78. The van der Waals surface area contributed by atoms with E-state index in [1.807, 2.05) is 31.3 Å². The first kappa shape index (κ1) is 19.7. The smallest absolute Gasteiger partial charge is 0.191 e. The van der Waals surface area contributed by atoms with Gasteiger partial charge in [-0.2, -0.15) is 5.10 Å². The van der Waals surface area contributed by atoms with Crippen molar-refractivity contribution < 1.29 is 0 Å². The second-order valence-corrected chi connectivity index (χ2v) is 6.74. The van der Waals surface area contributed by atoms with Crippen molar-refractivity contribution in [3.8, 4) is 11.3 Å². The van der Waals surface area contributed by atoms with E-state index in [0.29, 0.717) is 6.54 Å². The van der Waals surface area contributed by atoms with Crippen LogP contribution in [-0.2, 0) is 13.1 Å². The number of aromatic nitrogens is 4. The average Bonchev–Trinajstić information content (AvgIpc) is 3.30. The Morgan fingerprint density at radius 2 is 2.00 bits per heavy atom. The van der Waals surface area contributed by atoms with Crippen LogP contribution >= 0.6 is 0 Å². The van der Waals surface area contributed by atoms with E-state index in [1.165, 1.54) is 5.69 Å². The fourth-order valence-electron chi connectivity index (χ4n) is 3.04. The number of rotatable bonds is 8. The SMILES string of the molecule is CCNC(=NCc1ncc(-c2ccccc2)[nH]1)NCCCn1nc(C)cc1C. The van der Waals surface area contributed by atoms with E-state index in [9.17, 15) is 0 Å². The van der Waals surface area contributed by atoms with E-state index >= 15 is 0 Å². The molecule has 0 aliphatic heterocycles. The molecule has 148 valence electrons. The number of aromatic amines is 1. The number of aliphatic imine (C=N–C) groups is 1. The standard InChI is InChI=1S/C21H29N7/c1-4-22-21(23-11-8-12-28-17(3)13-16(2)27-28)25-15-20-24-14-19(26-20)18-9-6-5-7-10-18/h5-7,9-10,13-14H,4,8,11-12,15H2,1-3H3,(H,24,26)(H2,22,23,25). The zero-order valence-electron chi connectivity index (χ0n) is 16.9. The molecule has 7 heteroatoms. The minimum atomic E-state index is 0.500. The van der Waals surface area contributed by atoms with Crippen molar-refractivity contribution in [1.82, 2.24) is 30.4 Å². The molecule has 0 bridgehead atoms. The van der Waals surface area contributed by atoms with Gasteiger partial charge in [0.25, 0.3) is 0 Å². The molecule has 2 aromatic heterocycles. The van der Waals surface area contributed by atoms with Gasteiger partial charge in [-0.05, 0) is 38.8 Å². The molecule has 1 aromatic carbocycles. The molecule has 3 rings (SSSR count). The van der Waals surface area contributed by atoms with Crippen molar-refractivity contribution in [3.05, 3.63) is 59.8 Å². The van der Waals surface area contributed by atoms with E-state index in [4.69, 9.17) is 0 Å². The van der Waals surface area contributed by atoms with Gasteiger partial charge in [-0.25, -0.2) is 9.98 Å². The van der Waals surface area contributed by atoms with E-state index in [1.54, 1.807) is 0 Å². The number of nitrogens with one attached hydrogen (secondary N) is 3. The number of hydrogen-bond donors (Lipinski definition) is 3. The van der Waals surface area contributed by atoms with Crippen molar-refractivity contribution in [2.75, 3.05) is 13.1 Å².